The van der Waals surface area contributed by atoms with Crippen LogP contribution >= 0.6 is 0 Å². The zero-order valence-electron chi connectivity index (χ0n) is 6.78. The van der Waals surface area contributed by atoms with E-state index in [1.807, 2.05) is 4.68 Å². The molecule has 0 aromatic carbocycles. The van der Waals surface area contributed by atoms with E-state index in [-0.39, 0.29) is 0 Å². The van der Waals surface area contributed by atoms with Crippen molar-refractivity contribution in [3.63, 3.8) is 0 Å². The minimum atomic E-state index is 0.334. The van der Waals surface area contributed by atoms with Gasteiger partial charge in [0.1, 0.15) is 12.2 Å². The molecule has 0 unspecified atom stereocenters. The van der Waals surface area contributed by atoms with Crippen molar-refractivity contribution in [1.82, 2.24) is 20.2 Å². The van der Waals surface area contributed by atoms with Gasteiger partial charge in [-0.2, -0.15) is 5.10 Å². The summed E-state index contributed by atoms with van der Waals surface area (Å²) in [5.74, 6) is 6.02. The summed E-state index contributed by atoms with van der Waals surface area (Å²) in [5, 5.41) is 4.04. The van der Waals surface area contributed by atoms with Gasteiger partial charge in [-0.05, 0) is 13.8 Å². The summed E-state index contributed by atoms with van der Waals surface area (Å²) in [6.45, 7) is 4.65. The van der Waals surface area contributed by atoms with Crippen LogP contribution in [0.3, 0.4) is 0 Å². The molecule has 1 aromatic heterocycles. The van der Waals surface area contributed by atoms with Crippen LogP contribution in [0.2, 0.25) is 0 Å². The molecular formula is C6H13N5. The maximum atomic E-state index is 5.16. The average Bonchev–Trinajstić information content (AvgIpc) is 2.36. The maximum Gasteiger partial charge on any atom is 0.142 e. The second-order valence-electron chi connectivity index (χ2n) is 2.60. The van der Waals surface area contributed by atoms with Crippen LogP contribution in [-0.2, 0) is 6.54 Å². The van der Waals surface area contributed by atoms with Crippen LogP contribution in [0.15, 0.2) is 6.33 Å². The fourth-order valence-corrected chi connectivity index (χ4v) is 0.923. The van der Waals surface area contributed by atoms with Gasteiger partial charge in [0.15, 0.2) is 0 Å². The van der Waals surface area contributed by atoms with Crippen molar-refractivity contribution in [2.45, 2.75) is 26.4 Å². The molecule has 3 N–H and O–H groups in total. The number of rotatable bonds is 3. The molecule has 0 spiro atoms. The average molecular weight is 155 g/mol. The Labute approximate surface area is 65.6 Å². The molecular weight excluding hydrogens is 142 g/mol. The SMILES string of the molecule is CC(C)n1ncnc1CNN. The lowest BCUT2D eigenvalue weighted by molar-refractivity contribution is 0.493. The number of hydrazine groups is 1. The predicted octanol–water partition coefficient (Wildman–Crippen LogP) is -0.178. The van der Waals surface area contributed by atoms with E-state index in [2.05, 4.69) is 29.4 Å². The van der Waals surface area contributed by atoms with Gasteiger partial charge >= 0.3 is 0 Å². The molecule has 0 amide bonds. The number of nitrogens with zero attached hydrogens (tertiary/aromatic N) is 3. The molecule has 5 nitrogen and oxygen atoms in total. The van der Waals surface area contributed by atoms with E-state index < -0.39 is 0 Å². The van der Waals surface area contributed by atoms with Gasteiger partial charge in [0.25, 0.3) is 0 Å². The van der Waals surface area contributed by atoms with E-state index in [1.165, 1.54) is 6.33 Å². The van der Waals surface area contributed by atoms with Crippen molar-refractivity contribution in [2.75, 3.05) is 0 Å². The largest absolute Gasteiger partial charge is 0.271 e. The lowest BCUT2D eigenvalue weighted by atomic mass is 10.4. The Morgan fingerprint density at radius 1 is 1.73 bits per heavy atom. The Morgan fingerprint density at radius 3 is 3.00 bits per heavy atom. The lowest BCUT2D eigenvalue weighted by Crippen LogP contribution is -2.24. The van der Waals surface area contributed by atoms with Crippen molar-refractivity contribution in [3.8, 4) is 0 Å². The van der Waals surface area contributed by atoms with Gasteiger partial charge in [-0.3, -0.25) is 11.3 Å². The molecule has 1 aromatic rings. The second kappa shape index (κ2) is 3.45. The molecule has 0 atom stereocenters. The Morgan fingerprint density at radius 2 is 2.45 bits per heavy atom. The predicted molar refractivity (Wildman–Crippen MR) is 41.4 cm³/mol. The van der Waals surface area contributed by atoms with E-state index >= 15 is 0 Å². The molecule has 0 fully saturated rings. The van der Waals surface area contributed by atoms with Crippen molar-refractivity contribution in [3.05, 3.63) is 12.2 Å². The highest BCUT2D eigenvalue weighted by molar-refractivity contribution is 4.84. The van der Waals surface area contributed by atoms with Crippen molar-refractivity contribution < 1.29 is 0 Å². The molecule has 5 heteroatoms. The highest BCUT2D eigenvalue weighted by Crippen LogP contribution is 2.03. The maximum absolute atomic E-state index is 5.16. The van der Waals surface area contributed by atoms with Crippen LogP contribution < -0.4 is 11.3 Å². The van der Waals surface area contributed by atoms with E-state index in [1.54, 1.807) is 0 Å². The Bertz CT molecular complexity index is 217. The van der Waals surface area contributed by atoms with Crippen molar-refractivity contribution in [1.29, 1.82) is 0 Å². The Kier molecular flexibility index (Phi) is 2.56. The molecule has 0 saturated carbocycles. The van der Waals surface area contributed by atoms with Crippen LogP contribution in [0.1, 0.15) is 25.7 Å². The fraction of sp³-hybridized carbons (Fsp3) is 0.667. The highest BCUT2D eigenvalue weighted by Gasteiger charge is 2.04. The van der Waals surface area contributed by atoms with Gasteiger partial charge in [-0.1, -0.05) is 0 Å². The highest BCUT2D eigenvalue weighted by atomic mass is 15.4. The van der Waals surface area contributed by atoms with Crippen LogP contribution in [0.25, 0.3) is 0 Å². The zero-order chi connectivity index (χ0) is 8.27. The van der Waals surface area contributed by atoms with Gasteiger partial charge in [0.05, 0.1) is 6.54 Å². The van der Waals surface area contributed by atoms with Gasteiger partial charge in [0, 0.05) is 6.04 Å². The van der Waals surface area contributed by atoms with E-state index in [0.29, 0.717) is 12.6 Å². The van der Waals surface area contributed by atoms with E-state index in [0.717, 1.165) is 5.82 Å². The molecule has 1 heterocycles. The Balaban J connectivity index is 2.78. The van der Waals surface area contributed by atoms with E-state index in [4.69, 9.17) is 5.84 Å². The molecule has 0 aliphatic rings. The lowest BCUT2D eigenvalue weighted by Gasteiger charge is -2.07. The summed E-state index contributed by atoms with van der Waals surface area (Å²) < 4.78 is 1.83. The summed E-state index contributed by atoms with van der Waals surface area (Å²) in [5.41, 5.74) is 2.54. The number of aromatic nitrogens is 3. The van der Waals surface area contributed by atoms with Crippen molar-refractivity contribution >= 4 is 0 Å². The molecule has 62 valence electrons. The third-order valence-electron chi connectivity index (χ3n) is 1.40. The number of hydrogen-bond donors (Lipinski definition) is 2. The van der Waals surface area contributed by atoms with Crippen molar-refractivity contribution in [2.24, 2.45) is 5.84 Å². The summed E-state index contributed by atoms with van der Waals surface area (Å²) in [6.07, 6.45) is 1.53. The summed E-state index contributed by atoms with van der Waals surface area (Å²) >= 11 is 0. The topological polar surface area (TPSA) is 68.8 Å². The smallest absolute Gasteiger partial charge is 0.142 e. The minimum absolute atomic E-state index is 0.334. The normalized spacial score (nSPS) is 10.9. The zero-order valence-corrected chi connectivity index (χ0v) is 6.78. The molecule has 0 aliphatic carbocycles. The first-order chi connectivity index (χ1) is 5.25. The first-order valence-electron chi connectivity index (χ1n) is 3.57. The number of nitrogens with two attached hydrogens (primary N) is 1. The van der Waals surface area contributed by atoms with Gasteiger partial charge in [-0.25, -0.2) is 9.67 Å². The summed E-state index contributed by atoms with van der Waals surface area (Å²) in [6, 6.07) is 0.334. The molecule has 0 radical (unpaired) electrons. The third kappa shape index (κ3) is 1.75. The first kappa shape index (κ1) is 8.16. The monoisotopic (exact) mass is 155 g/mol. The van der Waals surface area contributed by atoms with Crippen LogP contribution in [0, 0.1) is 0 Å². The molecule has 1 rings (SSSR count). The van der Waals surface area contributed by atoms with E-state index in [9.17, 15) is 0 Å². The molecule has 0 saturated heterocycles. The van der Waals surface area contributed by atoms with Crippen LogP contribution in [0.5, 0.6) is 0 Å². The summed E-state index contributed by atoms with van der Waals surface area (Å²) in [4.78, 5) is 4.04. The Hall–Kier alpha value is -0.940. The van der Waals surface area contributed by atoms with Crippen LogP contribution in [0.4, 0.5) is 0 Å². The summed E-state index contributed by atoms with van der Waals surface area (Å²) in [7, 11) is 0. The fourth-order valence-electron chi connectivity index (χ4n) is 0.923. The standard InChI is InChI=1S/C6H13N5/c1-5(2)11-6(3-9-7)8-4-10-11/h4-5,9H,3,7H2,1-2H3. The van der Waals surface area contributed by atoms with Gasteiger partial charge < -0.3 is 0 Å². The third-order valence-corrected chi connectivity index (χ3v) is 1.40. The number of nitrogens with one attached hydrogen (secondary N) is 1. The molecule has 0 bridgehead atoms. The molecule has 0 aliphatic heterocycles. The molecule has 11 heavy (non-hydrogen) atoms. The second-order valence-corrected chi connectivity index (χ2v) is 2.60. The number of hydrogen-bond acceptors (Lipinski definition) is 4. The first-order valence-corrected chi connectivity index (χ1v) is 3.57. The van der Waals surface area contributed by atoms with Gasteiger partial charge in [-0.15, -0.1) is 0 Å². The minimum Gasteiger partial charge on any atom is -0.271 e. The quantitative estimate of drug-likeness (QED) is 0.469. The van der Waals surface area contributed by atoms with Crippen LogP contribution in [-0.4, -0.2) is 14.8 Å². The van der Waals surface area contributed by atoms with Gasteiger partial charge in [0.2, 0.25) is 0 Å².